The number of hydrogen-bond acceptors (Lipinski definition) is 4. The highest BCUT2D eigenvalue weighted by atomic mass is 32.1. The molecule has 4 heteroatoms. The van der Waals surface area contributed by atoms with Crippen molar-refractivity contribution in [2.75, 3.05) is 19.8 Å². The summed E-state index contributed by atoms with van der Waals surface area (Å²) in [6, 6.07) is 0.558. The normalized spacial score (nSPS) is 21.2. The molecule has 1 unspecified atom stereocenters. The van der Waals surface area contributed by atoms with Gasteiger partial charge in [-0.25, -0.2) is 4.98 Å². The van der Waals surface area contributed by atoms with Crippen LogP contribution in [-0.4, -0.2) is 30.8 Å². The van der Waals surface area contributed by atoms with E-state index in [9.17, 15) is 0 Å². The molecule has 1 aromatic rings. The Bertz CT molecular complexity index is 332. The zero-order valence-electron chi connectivity index (χ0n) is 10.1. The summed E-state index contributed by atoms with van der Waals surface area (Å²) in [5.41, 5.74) is 1.20. The first kappa shape index (κ1) is 12.0. The summed E-state index contributed by atoms with van der Waals surface area (Å²) < 4.78 is 5.44. The largest absolute Gasteiger partial charge is 0.380 e. The molecule has 1 atom stereocenters. The SMILES string of the molecule is Cc1nc(C)c(CCNC2CCCOC2)s1. The highest BCUT2D eigenvalue weighted by Crippen LogP contribution is 2.17. The van der Waals surface area contributed by atoms with Gasteiger partial charge >= 0.3 is 0 Å². The van der Waals surface area contributed by atoms with Gasteiger partial charge in [-0.15, -0.1) is 11.3 Å². The third kappa shape index (κ3) is 3.27. The minimum absolute atomic E-state index is 0.558. The van der Waals surface area contributed by atoms with Crippen molar-refractivity contribution in [3.8, 4) is 0 Å². The van der Waals surface area contributed by atoms with Crippen molar-refractivity contribution >= 4 is 11.3 Å². The second kappa shape index (κ2) is 5.75. The molecule has 2 rings (SSSR count). The van der Waals surface area contributed by atoms with Crippen molar-refractivity contribution in [2.45, 2.75) is 39.2 Å². The van der Waals surface area contributed by atoms with Gasteiger partial charge in [-0.05, 0) is 33.1 Å². The van der Waals surface area contributed by atoms with E-state index < -0.39 is 0 Å². The van der Waals surface area contributed by atoms with Crippen molar-refractivity contribution < 1.29 is 4.74 Å². The molecule has 0 spiro atoms. The third-order valence-electron chi connectivity index (χ3n) is 2.94. The molecule has 2 heterocycles. The van der Waals surface area contributed by atoms with Gasteiger partial charge in [0, 0.05) is 24.1 Å². The van der Waals surface area contributed by atoms with Gasteiger partial charge in [0.2, 0.25) is 0 Å². The van der Waals surface area contributed by atoms with E-state index in [1.807, 2.05) is 11.3 Å². The highest BCUT2D eigenvalue weighted by molar-refractivity contribution is 7.11. The topological polar surface area (TPSA) is 34.2 Å². The molecule has 1 N–H and O–H groups in total. The van der Waals surface area contributed by atoms with Gasteiger partial charge in [-0.2, -0.15) is 0 Å². The number of ether oxygens (including phenoxy) is 1. The molecule has 16 heavy (non-hydrogen) atoms. The Labute approximate surface area is 101 Å². The summed E-state index contributed by atoms with van der Waals surface area (Å²) >= 11 is 1.82. The van der Waals surface area contributed by atoms with Gasteiger partial charge in [0.1, 0.15) is 0 Å². The van der Waals surface area contributed by atoms with Crippen molar-refractivity contribution in [1.82, 2.24) is 10.3 Å². The Morgan fingerprint density at radius 1 is 1.50 bits per heavy atom. The number of aryl methyl sites for hydroxylation is 2. The van der Waals surface area contributed by atoms with E-state index in [0.717, 1.165) is 26.2 Å². The van der Waals surface area contributed by atoms with E-state index in [4.69, 9.17) is 4.74 Å². The molecule has 1 fully saturated rings. The Morgan fingerprint density at radius 3 is 3.00 bits per heavy atom. The Morgan fingerprint density at radius 2 is 2.38 bits per heavy atom. The van der Waals surface area contributed by atoms with Crippen LogP contribution in [0.25, 0.3) is 0 Å². The molecular formula is C12H20N2OS. The summed E-state index contributed by atoms with van der Waals surface area (Å²) in [7, 11) is 0. The van der Waals surface area contributed by atoms with Crippen LogP contribution in [0.3, 0.4) is 0 Å². The van der Waals surface area contributed by atoms with Crippen LogP contribution in [0.1, 0.15) is 28.4 Å². The highest BCUT2D eigenvalue weighted by Gasteiger charge is 2.13. The zero-order valence-corrected chi connectivity index (χ0v) is 10.9. The second-order valence-corrected chi connectivity index (χ2v) is 5.65. The minimum Gasteiger partial charge on any atom is -0.380 e. The quantitative estimate of drug-likeness (QED) is 0.875. The molecule has 1 saturated heterocycles. The van der Waals surface area contributed by atoms with Crippen LogP contribution in [0.4, 0.5) is 0 Å². The van der Waals surface area contributed by atoms with E-state index in [0.29, 0.717) is 6.04 Å². The van der Waals surface area contributed by atoms with Gasteiger partial charge in [0.05, 0.1) is 17.3 Å². The molecule has 3 nitrogen and oxygen atoms in total. The Kier molecular flexibility index (Phi) is 4.32. The Hall–Kier alpha value is -0.450. The van der Waals surface area contributed by atoms with E-state index in [2.05, 4.69) is 24.1 Å². The van der Waals surface area contributed by atoms with Gasteiger partial charge in [0.25, 0.3) is 0 Å². The second-order valence-electron chi connectivity index (χ2n) is 4.36. The smallest absolute Gasteiger partial charge is 0.0900 e. The van der Waals surface area contributed by atoms with E-state index in [1.54, 1.807) is 0 Å². The average molecular weight is 240 g/mol. The fourth-order valence-electron chi connectivity index (χ4n) is 2.10. The number of rotatable bonds is 4. The molecule has 0 aliphatic carbocycles. The number of thiazole rings is 1. The monoisotopic (exact) mass is 240 g/mol. The van der Waals surface area contributed by atoms with Gasteiger partial charge in [-0.3, -0.25) is 0 Å². The lowest BCUT2D eigenvalue weighted by atomic mass is 10.1. The summed E-state index contributed by atoms with van der Waals surface area (Å²) in [4.78, 5) is 5.86. The molecule has 1 aliphatic rings. The third-order valence-corrected chi connectivity index (χ3v) is 4.08. The van der Waals surface area contributed by atoms with Crippen LogP contribution >= 0.6 is 11.3 Å². The number of hydrogen-bond donors (Lipinski definition) is 1. The zero-order chi connectivity index (χ0) is 11.4. The standard InChI is InChI=1S/C12H20N2OS/c1-9-12(16-10(2)14-9)5-6-13-11-4-3-7-15-8-11/h11,13H,3-8H2,1-2H3. The van der Waals surface area contributed by atoms with Gasteiger partial charge in [0.15, 0.2) is 0 Å². The number of nitrogens with zero attached hydrogens (tertiary/aromatic N) is 1. The van der Waals surface area contributed by atoms with Crippen LogP contribution in [0.5, 0.6) is 0 Å². The van der Waals surface area contributed by atoms with Crippen LogP contribution in [0, 0.1) is 13.8 Å². The molecule has 1 aliphatic heterocycles. The first-order valence-corrected chi connectivity index (χ1v) is 6.81. The molecular weight excluding hydrogens is 220 g/mol. The van der Waals surface area contributed by atoms with Crippen molar-refractivity contribution in [3.05, 3.63) is 15.6 Å². The average Bonchev–Trinajstić information content (AvgIpc) is 2.59. The molecule has 0 aromatic carbocycles. The fraction of sp³-hybridized carbons (Fsp3) is 0.750. The maximum atomic E-state index is 5.44. The molecule has 1 aromatic heterocycles. The molecule has 0 amide bonds. The number of nitrogens with one attached hydrogen (secondary N) is 1. The first-order chi connectivity index (χ1) is 7.75. The minimum atomic E-state index is 0.558. The number of aromatic nitrogens is 1. The fourth-order valence-corrected chi connectivity index (χ4v) is 3.03. The van der Waals surface area contributed by atoms with Gasteiger partial charge in [-0.1, -0.05) is 0 Å². The molecule has 0 bridgehead atoms. The molecule has 0 radical (unpaired) electrons. The Balaban J connectivity index is 1.73. The first-order valence-electron chi connectivity index (χ1n) is 6.00. The van der Waals surface area contributed by atoms with Crippen LogP contribution in [0.15, 0.2) is 0 Å². The van der Waals surface area contributed by atoms with Crippen LogP contribution < -0.4 is 5.32 Å². The lowest BCUT2D eigenvalue weighted by Gasteiger charge is -2.23. The lowest BCUT2D eigenvalue weighted by molar-refractivity contribution is 0.0707. The summed E-state index contributed by atoms with van der Waals surface area (Å²) in [6.45, 7) is 7.02. The van der Waals surface area contributed by atoms with Gasteiger partial charge < -0.3 is 10.1 Å². The van der Waals surface area contributed by atoms with Crippen molar-refractivity contribution in [2.24, 2.45) is 0 Å². The van der Waals surface area contributed by atoms with Crippen LogP contribution in [0.2, 0.25) is 0 Å². The maximum absolute atomic E-state index is 5.44. The summed E-state index contributed by atoms with van der Waals surface area (Å²) in [5, 5.41) is 4.73. The van der Waals surface area contributed by atoms with E-state index in [-0.39, 0.29) is 0 Å². The maximum Gasteiger partial charge on any atom is 0.0900 e. The lowest BCUT2D eigenvalue weighted by Crippen LogP contribution is -2.37. The van der Waals surface area contributed by atoms with E-state index >= 15 is 0 Å². The molecule has 90 valence electrons. The summed E-state index contributed by atoms with van der Waals surface area (Å²) in [6.07, 6.45) is 3.53. The van der Waals surface area contributed by atoms with Crippen molar-refractivity contribution in [3.63, 3.8) is 0 Å². The predicted molar refractivity (Wildman–Crippen MR) is 67.1 cm³/mol. The van der Waals surface area contributed by atoms with Crippen LogP contribution in [-0.2, 0) is 11.2 Å². The van der Waals surface area contributed by atoms with E-state index in [1.165, 1.54) is 28.4 Å². The molecule has 0 saturated carbocycles. The van der Waals surface area contributed by atoms with Crippen molar-refractivity contribution in [1.29, 1.82) is 0 Å². The predicted octanol–water partition coefficient (Wildman–Crippen LogP) is 2.07. The summed E-state index contributed by atoms with van der Waals surface area (Å²) in [5.74, 6) is 0.